The average molecular weight is 256 g/mol. The molecule has 0 amide bonds. The summed E-state index contributed by atoms with van der Waals surface area (Å²) in [5, 5.41) is 3.66. The maximum atomic E-state index is 5.27. The fourth-order valence-corrected chi connectivity index (χ4v) is 2.67. The molecular formula is C15H32N2O. The van der Waals surface area contributed by atoms with E-state index < -0.39 is 0 Å². The molecule has 0 aromatic carbocycles. The van der Waals surface area contributed by atoms with E-state index >= 15 is 0 Å². The molecule has 2 unspecified atom stereocenters. The second-order valence-electron chi connectivity index (χ2n) is 6.18. The smallest absolute Gasteiger partial charge is 0.0618 e. The zero-order valence-electron chi connectivity index (χ0n) is 12.7. The number of hydrogen-bond acceptors (Lipinski definition) is 3. The highest BCUT2D eigenvalue weighted by Gasteiger charge is 2.16. The summed E-state index contributed by atoms with van der Waals surface area (Å²) in [6.07, 6.45) is 4.20. The van der Waals surface area contributed by atoms with E-state index in [1.807, 2.05) is 0 Å². The van der Waals surface area contributed by atoms with Crippen molar-refractivity contribution in [2.45, 2.75) is 46.1 Å². The summed E-state index contributed by atoms with van der Waals surface area (Å²) < 4.78 is 5.27. The summed E-state index contributed by atoms with van der Waals surface area (Å²) in [6, 6.07) is 0.485. The van der Waals surface area contributed by atoms with Gasteiger partial charge < -0.3 is 15.0 Å². The molecule has 1 fully saturated rings. The molecule has 0 spiro atoms. The number of methoxy groups -OCH3 is 1. The molecule has 0 bridgehead atoms. The van der Waals surface area contributed by atoms with Crippen LogP contribution in [0.4, 0.5) is 0 Å². The van der Waals surface area contributed by atoms with Gasteiger partial charge in [0.25, 0.3) is 0 Å². The van der Waals surface area contributed by atoms with Gasteiger partial charge in [-0.15, -0.1) is 0 Å². The molecule has 1 aliphatic heterocycles. The maximum Gasteiger partial charge on any atom is 0.0618 e. The zero-order valence-corrected chi connectivity index (χ0v) is 12.7. The Morgan fingerprint density at radius 3 is 2.33 bits per heavy atom. The van der Waals surface area contributed by atoms with Gasteiger partial charge in [0.05, 0.1) is 6.61 Å². The van der Waals surface area contributed by atoms with E-state index in [1.165, 1.54) is 38.9 Å². The van der Waals surface area contributed by atoms with Crippen molar-refractivity contribution in [3.63, 3.8) is 0 Å². The summed E-state index contributed by atoms with van der Waals surface area (Å²) >= 11 is 0. The SMILES string of the molecule is COCC(NCC(C)CN1CCCCC1)C(C)C. The Morgan fingerprint density at radius 2 is 1.78 bits per heavy atom. The second-order valence-corrected chi connectivity index (χ2v) is 6.18. The minimum atomic E-state index is 0.485. The van der Waals surface area contributed by atoms with Crippen LogP contribution in [-0.2, 0) is 4.74 Å². The lowest BCUT2D eigenvalue weighted by molar-refractivity contribution is 0.140. The summed E-state index contributed by atoms with van der Waals surface area (Å²) in [5.41, 5.74) is 0. The van der Waals surface area contributed by atoms with Gasteiger partial charge in [-0.25, -0.2) is 0 Å². The quantitative estimate of drug-likeness (QED) is 0.721. The number of piperidine rings is 1. The molecule has 1 rings (SSSR count). The first-order chi connectivity index (χ1) is 8.63. The van der Waals surface area contributed by atoms with E-state index in [0.29, 0.717) is 12.0 Å². The molecule has 0 aliphatic carbocycles. The van der Waals surface area contributed by atoms with Crippen molar-refractivity contribution in [3.8, 4) is 0 Å². The number of nitrogens with one attached hydrogen (secondary N) is 1. The van der Waals surface area contributed by atoms with Crippen molar-refractivity contribution >= 4 is 0 Å². The van der Waals surface area contributed by atoms with Crippen molar-refractivity contribution in [2.24, 2.45) is 11.8 Å². The van der Waals surface area contributed by atoms with Crippen molar-refractivity contribution in [2.75, 3.05) is 39.9 Å². The Balaban J connectivity index is 2.19. The van der Waals surface area contributed by atoms with Gasteiger partial charge in [-0.3, -0.25) is 0 Å². The highest BCUT2D eigenvalue weighted by molar-refractivity contribution is 4.74. The van der Waals surface area contributed by atoms with E-state index in [1.54, 1.807) is 7.11 Å². The molecular weight excluding hydrogens is 224 g/mol. The Morgan fingerprint density at radius 1 is 1.11 bits per heavy atom. The van der Waals surface area contributed by atoms with Gasteiger partial charge in [-0.05, 0) is 44.3 Å². The Kier molecular flexibility index (Phi) is 7.87. The van der Waals surface area contributed by atoms with Crippen LogP contribution in [-0.4, -0.2) is 50.8 Å². The number of nitrogens with zero attached hydrogens (tertiary/aromatic N) is 1. The van der Waals surface area contributed by atoms with Crippen molar-refractivity contribution in [1.82, 2.24) is 10.2 Å². The highest BCUT2D eigenvalue weighted by atomic mass is 16.5. The van der Waals surface area contributed by atoms with Gasteiger partial charge in [-0.2, -0.15) is 0 Å². The molecule has 108 valence electrons. The van der Waals surface area contributed by atoms with Crippen LogP contribution in [0.15, 0.2) is 0 Å². The highest BCUT2D eigenvalue weighted by Crippen LogP contribution is 2.11. The average Bonchev–Trinajstić information content (AvgIpc) is 2.35. The van der Waals surface area contributed by atoms with Crippen molar-refractivity contribution in [3.05, 3.63) is 0 Å². The van der Waals surface area contributed by atoms with Gasteiger partial charge in [0, 0.05) is 19.7 Å². The molecule has 0 saturated carbocycles. The lowest BCUT2D eigenvalue weighted by atomic mass is 10.0. The van der Waals surface area contributed by atoms with E-state index in [9.17, 15) is 0 Å². The first-order valence-corrected chi connectivity index (χ1v) is 7.58. The van der Waals surface area contributed by atoms with Crippen molar-refractivity contribution < 1.29 is 4.74 Å². The molecule has 0 aromatic heterocycles. The number of hydrogen-bond donors (Lipinski definition) is 1. The van der Waals surface area contributed by atoms with Gasteiger partial charge in [0.2, 0.25) is 0 Å². The minimum Gasteiger partial charge on any atom is -0.383 e. The largest absolute Gasteiger partial charge is 0.383 e. The minimum absolute atomic E-state index is 0.485. The molecule has 1 saturated heterocycles. The molecule has 1 heterocycles. The van der Waals surface area contributed by atoms with Crippen LogP contribution in [0.1, 0.15) is 40.0 Å². The summed E-state index contributed by atoms with van der Waals surface area (Å²) in [7, 11) is 1.79. The maximum absolute atomic E-state index is 5.27. The van der Waals surface area contributed by atoms with Crippen molar-refractivity contribution in [1.29, 1.82) is 0 Å². The predicted octanol–water partition coefficient (Wildman–Crippen LogP) is 2.37. The topological polar surface area (TPSA) is 24.5 Å². The zero-order chi connectivity index (χ0) is 13.4. The normalized spacial score (nSPS) is 21.2. The number of likely N-dealkylation sites (tertiary alicyclic amines) is 1. The number of rotatable bonds is 8. The van der Waals surface area contributed by atoms with E-state index in [2.05, 4.69) is 31.0 Å². The summed E-state index contributed by atoms with van der Waals surface area (Å²) in [6.45, 7) is 12.6. The Hall–Kier alpha value is -0.120. The molecule has 3 heteroatoms. The predicted molar refractivity (Wildman–Crippen MR) is 78.0 cm³/mol. The molecule has 2 atom stereocenters. The molecule has 0 radical (unpaired) electrons. The van der Waals surface area contributed by atoms with E-state index in [4.69, 9.17) is 4.74 Å². The third kappa shape index (κ3) is 6.17. The van der Waals surface area contributed by atoms with Crippen LogP contribution in [0.2, 0.25) is 0 Å². The van der Waals surface area contributed by atoms with Crippen LogP contribution >= 0.6 is 0 Å². The molecule has 3 nitrogen and oxygen atoms in total. The Bertz CT molecular complexity index is 203. The molecule has 1 aliphatic rings. The molecule has 0 aromatic rings. The first-order valence-electron chi connectivity index (χ1n) is 7.58. The van der Waals surface area contributed by atoms with Crippen LogP contribution in [0, 0.1) is 11.8 Å². The van der Waals surface area contributed by atoms with Gasteiger partial charge in [-0.1, -0.05) is 27.2 Å². The van der Waals surface area contributed by atoms with Crippen LogP contribution in [0.25, 0.3) is 0 Å². The first kappa shape index (κ1) is 15.9. The fourth-order valence-electron chi connectivity index (χ4n) is 2.67. The monoisotopic (exact) mass is 256 g/mol. The Labute approximate surface area is 113 Å². The summed E-state index contributed by atoms with van der Waals surface area (Å²) in [4.78, 5) is 2.62. The third-order valence-corrected chi connectivity index (χ3v) is 3.90. The molecule has 1 N–H and O–H groups in total. The van der Waals surface area contributed by atoms with Gasteiger partial charge >= 0.3 is 0 Å². The van der Waals surface area contributed by atoms with E-state index in [-0.39, 0.29) is 0 Å². The lowest BCUT2D eigenvalue weighted by Gasteiger charge is -2.30. The van der Waals surface area contributed by atoms with Crippen LogP contribution in [0.3, 0.4) is 0 Å². The van der Waals surface area contributed by atoms with Gasteiger partial charge in [0.15, 0.2) is 0 Å². The van der Waals surface area contributed by atoms with E-state index in [0.717, 1.165) is 19.1 Å². The van der Waals surface area contributed by atoms with Crippen LogP contribution in [0.5, 0.6) is 0 Å². The summed E-state index contributed by atoms with van der Waals surface area (Å²) in [5.74, 6) is 1.35. The standard InChI is InChI=1S/C15H32N2O/c1-13(2)15(12-18-4)16-10-14(3)11-17-8-6-5-7-9-17/h13-16H,5-12H2,1-4H3. The lowest BCUT2D eigenvalue weighted by Crippen LogP contribution is -2.43. The van der Waals surface area contributed by atoms with Gasteiger partial charge in [0.1, 0.15) is 0 Å². The second kappa shape index (κ2) is 8.89. The third-order valence-electron chi connectivity index (χ3n) is 3.90. The van der Waals surface area contributed by atoms with Crippen LogP contribution < -0.4 is 5.32 Å². The fraction of sp³-hybridized carbons (Fsp3) is 1.00. The molecule has 18 heavy (non-hydrogen) atoms. The number of ether oxygens (including phenoxy) is 1.